The Morgan fingerprint density at radius 1 is 0.885 bits per heavy atom. The zero-order valence-electron chi connectivity index (χ0n) is 15.6. The molecule has 0 bridgehead atoms. The smallest absolute Gasteiger partial charge is 0.219 e. The first-order valence-corrected chi connectivity index (χ1v) is 9.76. The van der Waals surface area contributed by atoms with Crippen molar-refractivity contribution in [1.82, 2.24) is 9.80 Å². The van der Waals surface area contributed by atoms with E-state index in [2.05, 4.69) is 70.5 Å². The lowest BCUT2D eigenvalue weighted by molar-refractivity contribution is -0.132. The maximum absolute atomic E-state index is 11.9. The third kappa shape index (κ3) is 3.41. The molecule has 3 nitrogen and oxygen atoms in total. The second-order valence-electron chi connectivity index (χ2n) is 7.99. The maximum Gasteiger partial charge on any atom is 0.219 e. The Labute approximate surface area is 156 Å². The third-order valence-electron chi connectivity index (χ3n) is 6.17. The molecule has 2 aromatic carbocycles. The summed E-state index contributed by atoms with van der Waals surface area (Å²) in [5.41, 5.74) is 2.98. The zero-order valence-corrected chi connectivity index (χ0v) is 15.6. The van der Waals surface area contributed by atoms with E-state index in [1.54, 1.807) is 6.92 Å². The highest BCUT2D eigenvalue weighted by atomic mass is 16.2. The molecule has 2 saturated heterocycles. The van der Waals surface area contributed by atoms with E-state index in [1.165, 1.54) is 24.0 Å². The Bertz CT molecular complexity index is 706. The van der Waals surface area contributed by atoms with E-state index in [-0.39, 0.29) is 11.3 Å². The highest BCUT2D eigenvalue weighted by Gasteiger charge is 2.44. The van der Waals surface area contributed by atoms with Crippen LogP contribution in [0.25, 0.3) is 0 Å². The molecule has 4 rings (SSSR count). The molecule has 0 radical (unpaired) electrons. The van der Waals surface area contributed by atoms with Crippen LogP contribution in [0.3, 0.4) is 0 Å². The predicted molar refractivity (Wildman–Crippen MR) is 105 cm³/mol. The van der Waals surface area contributed by atoms with Gasteiger partial charge in [-0.15, -0.1) is 0 Å². The van der Waals surface area contributed by atoms with E-state index in [4.69, 9.17) is 0 Å². The van der Waals surface area contributed by atoms with E-state index in [0.717, 1.165) is 32.6 Å². The van der Waals surface area contributed by atoms with Gasteiger partial charge in [-0.1, -0.05) is 60.7 Å². The van der Waals surface area contributed by atoms with Crippen molar-refractivity contribution in [1.29, 1.82) is 0 Å². The summed E-state index contributed by atoms with van der Waals surface area (Å²) in [4.78, 5) is 16.6. The van der Waals surface area contributed by atoms with Crippen LogP contribution >= 0.6 is 0 Å². The van der Waals surface area contributed by atoms with Gasteiger partial charge in [-0.2, -0.15) is 0 Å². The summed E-state index contributed by atoms with van der Waals surface area (Å²) in [5.74, 6) is 0.227. The first-order valence-electron chi connectivity index (χ1n) is 9.76. The van der Waals surface area contributed by atoms with Gasteiger partial charge in [0.15, 0.2) is 0 Å². The summed E-state index contributed by atoms with van der Waals surface area (Å²) in [5, 5.41) is 0. The third-order valence-corrected chi connectivity index (χ3v) is 6.17. The van der Waals surface area contributed by atoms with Gasteiger partial charge in [-0.25, -0.2) is 0 Å². The van der Waals surface area contributed by atoms with Gasteiger partial charge in [0.05, 0.1) is 6.04 Å². The molecule has 1 spiro atoms. The molecule has 0 aromatic heterocycles. The van der Waals surface area contributed by atoms with E-state index in [1.807, 2.05) is 0 Å². The molecule has 0 unspecified atom stereocenters. The highest BCUT2D eigenvalue weighted by Crippen LogP contribution is 2.43. The molecule has 2 aliphatic heterocycles. The molecule has 2 fully saturated rings. The Morgan fingerprint density at radius 3 is 2.08 bits per heavy atom. The lowest BCUT2D eigenvalue weighted by Crippen LogP contribution is -2.46. The lowest BCUT2D eigenvalue weighted by Gasteiger charge is -2.41. The Kier molecular flexibility index (Phi) is 4.82. The fraction of sp³-hybridized carbons (Fsp3) is 0.435. The normalized spacial score (nSPS) is 23.7. The molecule has 136 valence electrons. The highest BCUT2D eigenvalue weighted by molar-refractivity contribution is 5.73. The van der Waals surface area contributed by atoms with Gasteiger partial charge in [-0.3, -0.25) is 9.69 Å². The number of amides is 1. The molecule has 2 heterocycles. The number of rotatable bonds is 3. The minimum absolute atomic E-state index is 0.227. The van der Waals surface area contributed by atoms with Gasteiger partial charge in [0.2, 0.25) is 5.91 Å². The molecular weight excluding hydrogens is 320 g/mol. The Hall–Kier alpha value is -2.13. The van der Waals surface area contributed by atoms with Gasteiger partial charge in [-0.05, 0) is 36.9 Å². The van der Waals surface area contributed by atoms with Crippen LogP contribution in [-0.2, 0) is 4.79 Å². The van der Waals surface area contributed by atoms with Crippen LogP contribution in [0.1, 0.15) is 43.4 Å². The van der Waals surface area contributed by atoms with Crippen LogP contribution in [0.2, 0.25) is 0 Å². The second kappa shape index (κ2) is 7.24. The predicted octanol–water partition coefficient (Wildman–Crippen LogP) is 4.11. The van der Waals surface area contributed by atoms with Crippen molar-refractivity contribution in [2.75, 3.05) is 26.2 Å². The number of nitrogens with zero attached hydrogens (tertiary/aromatic N) is 2. The number of benzene rings is 2. The molecule has 1 amide bonds. The summed E-state index contributed by atoms with van der Waals surface area (Å²) in [6.45, 7) is 5.74. The average molecular weight is 348 g/mol. The average Bonchev–Trinajstić information content (AvgIpc) is 3.06. The molecule has 0 saturated carbocycles. The summed E-state index contributed by atoms with van der Waals surface area (Å²) in [7, 11) is 0. The van der Waals surface area contributed by atoms with Crippen LogP contribution in [0.4, 0.5) is 0 Å². The number of piperidine rings is 1. The standard InChI is InChI=1S/C23H28N2O/c1-19(26)24-15-8-13-23(17-24)14-16-25(18-23)22(20-9-4-2-5-10-20)21-11-6-3-7-12-21/h2-7,9-12,22H,8,13-18H2,1H3/t23-/m1/s1. The Balaban J connectivity index is 1.61. The van der Waals surface area contributed by atoms with Crippen molar-refractivity contribution in [2.24, 2.45) is 5.41 Å². The minimum atomic E-state index is 0.227. The first kappa shape index (κ1) is 17.3. The Morgan fingerprint density at radius 2 is 1.50 bits per heavy atom. The maximum atomic E-state index is 11.9. The zero-order chi connectivity index (χ0) is 18.0. The van der Waals surface area contributed by atoms with Crippen LogP contribution in [-0.4, -0.2) is 41.9 Å². The monoisotopic (exact) mass is 348 g/mol. The van der Waals surface area contributed by atoms with Gasteiger partial charge in [0.25, 0.3) is 0 Å². The van der Waals surface area contributed by atoms with Crippen LogP contribution in [0.5, 0.6) is 0 Å². The van der Waals surface area contributed by atoms with Crippen molar-refractivity contribution in [3.8, 4) is 0 Å². The topological polar surface area (TPSA) is 23.6 Å². The van der Waals surface area contributed by atoms with Crippen molar-refractivity contribution in [3.05, 3.63) is 71.8 Å². The number of carbonyl (C=O) groups excluding carboxylic acids is 1. The molecule has 0 N–H and O–H groups in total. The van der Waals surface area contributed by atoms with Gasteiger partial charge < -0.3 is 4.90 Å². The number of likely N-dealkylation sites (tertiary alicyclic amines) is 2. The number of hydrogen-bond acceptors (Lipinski definition) is 2. The first-order chi connectivity index (χ1) is 12.7. The van der Waals surface area contributed by atoms with E-state index in [0.29, 0.717) is 6.04 Å². The van der Waals surface area contributed by atoms with E-state index < -0.39 is 0 Å². The quantitative estimate of drug-likeness (QED) is 0.833. The van der Waals surface area contributed by atoms with Crippen molar-refractivity contribution in [2.45, 2.75) is 32.2 Å². The number of carbonyl (C=O) groups is 1. The fourth-order valence-corrected chi connectivity index (χ4v) is 4.88. The molecule has 1 atom stereocenters. The SMILES string of the molecule is CC(=O)N1CCC[C@@]2(CCN(C(c3ccccc3)c3ccccc3)C2)C1. The molecule has 0 aliphatic carbocycles. The lowest BCUT2D eigenvalue weighted by atomic mass is 9.79. The van der Waals surface area contributed by atoms with Gasteiger partial charge in [0, 0.05) is 32.0 Å². The number of hydrogen-bond donors (Lipinski definition) is 0. The summed E-state index contributed by atoms with van der Waals surface area (Å²) in [6.07, 6.45) is 3.56. The summed E-state index contributed by atoms with van der Waals surface area (Å²) in [6, 6.07) is 22.0. The van der Waals surface area contributed by atoms with Crippen molar-refractivity contribution >= 4 is 5.91 Å². The van der Waals surface area contributed by atoms with Crippen LogP contribution < -0.4 is 0 Å². The molecule has 2 aromatic rings. The van der Waals surface area contributed by atoms with Gasteiger partial charge >= 0.3 is 0 Å². The van der Waals surface area contributed by atoms with E-state index in [9.17, 15) is 4.79 Å². The molecule has 26 heavy (non-hydrogen) atoms. The second-order valence-corrected chi connectivity index (χ2v) is 7.99. The molecule has 3 heteroatoms. The largest absolute Gasteiger partial charge is 0.342 e. The van der Waals surface area contributed by atoms with Crippen molar-refractivity contribution in [3.63, 3.8) is 0 Å². The van der Waals surface area contributed by atoms with Crippen LogP contribution in [0.15, 0.2) is 60.7 Å². The molecular formula is C23H28N2O. The minimum Gasteiger partial charge on any atom is -0.342 e. The van der Waals surface area contributed by atoms with E-state index >= 15 is 0 Å². The van der Waals surface area contributed by atoms with Crippen LogP contribution in [0, 0.1) is 5.41 Å². The van der Waals surface area contributed by atoms with Crippen molar-refractivity contribution < 1.29 is 4.79 Å². The summed E-state index contributed by atoms with van der Waals surface area (Å²) >= 11 is 0. The fourth-order valence-electron chi connectivity index (χ4n) is 4.88. The summed E-state index contributed by atoms with van der Waals surface area (Å²) < 4.78 is 0. The molecule has 2 aliphatic rings. The van der Waals surface area contributed by atoms with Gasteiger partial charge in [0.1, 0.15) is 0 Å².